The molecular formula is C12H8F3NO5. The van der Waals surface area contributed by atoms with E-state index >= 15 is 0 Å². The zero-order valence-corrected chi connectivity index (χ0v) is 10.1. The minimum absolute atomic E-state index is 0.163. The second-order valence-electron chi connectivity index (χ2n) is 3.70. The summed E-state index contributed by atoms with van der Waals surface area (Å²) in [5, 5.41) is 18.7. The van der Waals surface area contributed by atoms with Gasteiger partial charge in [-0.25, -0.2) is 9.59 Å². The first-order chi connectivity index (χ1) is 9.62. The zero-order valence-electron chi connectivity index (χ0n) is 10.1. The monoisotopic (exact) mass is 303 g/mol. The lowest BCUT2D eigenvalue weighted by Crippen LogP contribution is -2.29. The molecule has 0 atom stereocenters. The lowest BCUT2D eigenvalue weighted by Gasteiger charge is -2.12. The van der Waals surface area contributed by atoms with Crippen LogP contribution < -0.4 is 5.32 Å². The van der Waals surface area contributed by atoms with E-state index in [0.717, 1.165) is 18.2 Å². The standard InChI is InChI=1S/C12H8F3NO5/c13-12(14,15)7-4-2-1-3-6(7)10(19)16-8(11(20)21)5-9(17)18/h1-5H,(H,16,19)(H,17,18)(H,20,21)/b8-5-. The molecule has 3 N–H and O–H groups in total. The number of amides is 1. The Morgan fingerprint density at radius 2 is 1.67 bits per heavy atom. The molecule has 0 aliphatic heterocycles. The maximum Gasteiger partial charge on any atom is 0.417 e. The third kappa shape index (κ3) is 4.34. The molecule has 1 aromatic rings. The number of carboxylic acids is 2. The number of benzene rings is 1. The molecule has 0 aliphatic carbocycles. The maximum absolute atomic E-state index is 12.7. The lowest BCUT2D eigenvalue weighted by molar-refractivity contribution is -0.138. The van der Waals surface area contributed by atoms with Gasteiger partial charge in [0.15, 0.2) is 0 Å². The zero-order chi connectivity index (χ0) is 16.2. The van der Waals surface area contributed by atoms with Gasteiger partial charge in [0, 0.05) is 0 Å². The van der Waals surface area contributed by atoms with Crippen molar-refractivity contribution < 1.29 is 37.8 Å². The highest BCUT2D eigenvalue weighted by Crippen LogP contribution is 2.31. The van der Waals surface area contributed by atoms with E-state index in [-0.39, 0.29) is 6.08 Å². The summed E-state index contributed by atoms with van der Waals surface area (Å²) in [6.07, 6.45) is -4.65. The number of hydrogen-bond acceptors (Lipinski definition) is 3. The Morgan fingerprint density at radius 1 is 1.10 bits per heavy atom. The molecule has 0 aromatic heterocycles. The molecule has 0 bridgehead atoms. The number of rotatable bonds is 4. The molecule has 0 saturated heterocycles. The Kier molecular flexibility index (Phi) is 4.69. The summed E-state index contributed by atoms with van der Waals surface area (Å²) in [5.41, 5.74) is -3.13. The average molecular weight is 303 g/mol. The molecule has 0 fully saturated rings. The van der Waals surface area contributed by atoms with Crippen molar-refractivity contribution in [3.8, 4) is 0 Å². The summed E-state index contributed by atoms with van der Waals surface area (Å²) in [5.74, 6) is -4.84. The molecule has 0 spiro atoms. The van der Waals surface area contributed by atoms with E-state index in [0.29, 0.717) is 6.07 Å². The minimum Gasteiger partial charge on any atom is -0.478 e. The SMILES string of the molecule is O=C(O)/C=C(\NC(=O)c1ccccc1C(F)(F)F)C(=O)O. The van der Waals surface area contributed by atoms with Gasteiger partial charge in [0.05, 0.1) is 17.2 Å². The number of carbonyl (C=O) groups is 3. The average Bonchev–Trinajstić information content (AvgIpc) is 2.36. The molecule has 0 unspecified atom stereocenters. The fourth-order valence-corrected chi connectivity index (χ4v) is 1.39. The molecule has 112 valence electrons. The first-order valence-corrected chi connectivity index (χ1v) is 5.28. The summed E-state index contributed by atoms with van der Waals surface area (Å²) < 4.78 is 38.1. The molecule has 1 aromatic carbocycles. The predicted molar refractivity (Wildman–Crippen MR) is 62.3 cm³/mol. The third-order valence-electron chi connectivity index (χ3n) is 2.22. The van der Waals surface area contributed by atoms with Crippen molar-refractivity contribution >= 4 is 17.8 Å². The van der Waals surface area contributed by atoms with E-state index in [1.165, 1.54) is 0 Å². The smallest absolute Gasteiger partial charge is 0.417 e. The van der Waals surface area contributed by atoms with Crippen molar-refractivity contribution in [2.75, 3.05) is 0 Å². The van der Waals surface area contributed by atoms with Gasteiger partial charge in [-0.15, -0.1) is 0 Å². The number of nitrogens with one attached hydrogen (secondary N) is 1. The van der Waals surface area contributed by atoms with E-state index in [9.17, 15) is 27.6 Å². The molecule has 0 heterocycles. The highest BCUT2D eigenvalue weighted by atomic mass is 19.4. The van der Waals surface area contributed by atoms with Crippen molar-refractivity contribution in [2.24, 2.45) is 0 Å². The first kappa shape index (κ1) is 16.2. The topological polar surface area (TPSA) is 104 Å². The van der Waals surface area contributed by atoms with Crippen LogP contribution in [0.5, 0.6) is 0 Å². The number of carbonyl (C=O) groups excluding carboxylic acids is 1. The van der Waals surface area contributed by atoms with Gasteiger partial charge in [-0.1, -0.05) is 12.1 Å². The van der Waals surface area contributed by atoms with Gasteiger partial charge in [0.1, 0.15) is 5.70 Å². The van der Waals surface area contributed by atoms with Crippen LogP contribution in [0.3, 0.4) is 0 Å². The summed E-state index contributed by atoms with van der Waals surface area (Å²) in [6.45, 7) is 0. The molecule has 1 amide bonds. The summed E-state index contributed by atoms with van der Waals surface area (Å²) in [4.78, 5) is 32.8. The van der Waals surface area contributed by atoms with Crippen LogP contribution in [-0.2, 0) is 15.8 Å². The van der Waals surface area contributed by atoms with Crippen molar-refractivity contribution in [1.29, 1.82) is 0 Å². The van der Waals surface area contributed by atoms with Crippen molar-refractivity contribution in [1.82, 2.24) is 5.32 Å². The summed E-state index contributed by atoms with van der Waals surface area (Å²) >= 11 is 0. The number of alkyl halides is 3. The number of aliphatic carboxylic acids is 2. The Morgan fingerprint density at radius 3 is 2.14 bits per heavy atom. The molecule has 0 saturated carbocycles. The second kappa shape index (κ2) is 6.07. The van der Waals surface area contributed by atoms with E-state index in [1.807, 2.05) is 0 Å². The maximum atomic E-state index is 12.7. The molecule has 21 heavy (non-hydrogen) atoms. The largest absolute Gasteiger partial charge is 0.478 e. The fourth-order valence-electron chi connectivity index (χ4n) is 1.39. The van der Waals surface area contributed by atoms with Crippen LogP contribution in [0.15, 0.2) is 36.0 Å². The minimum atomic E-state index is -4.81. The van der Waals surface area contributed by atoms with Crippen LogP contribution in [0.4, 0.5) is 13.2 Å². The van der Waals surface area contributed by atoms with Gasteiger partial charge in [0.25, 0.3) is 5.91 Å². The van der Waals surface area contributed by atoms with E-state index in [1.54, 1.807) is 5.32 Å². The predicted octanol–water partition coefficient (Wildman–Crippen LogP) is 1.49. The summed E-state index contributed by atoms with van der Waals surface area (Å²) in [7, 11) is 0. The number of halogens is 3. The van der Waals surface area contributed by atoms with E-state index in [2.05, 4.69) is 0 Å². The summed E-state index contributed by atoms with van der Waals surface area (Å²) in [6, 6.07) is 3.71. The van der Waals surface area contributed by atoms with Gasteiger partial charge in [-0.3, -0.25) is 4.79 Å². The van der Waals surface area contributed by atoms with Gasteiger partial charge in [0.2, 0.25) is 0 Å². The van der Waals surface area contributed by atoms with Crippen LogP contribution in [-0.4, -0.2) is 28.1 Å². The first-order valence-electron chi connectivity index (χ1n) is 5.28. The van der Waals surface area contributed by atoms with Crippen LogP contribution in [0.1, 0.15) is 15.9 Å². The molecular weight excluding hydrogens is 295 g/mol. The molecule has 6 nitrogen and oxygen atoms in total. The van der Waals surface area contributed by atoms with E-state index in [4.69, 9.17) is 10.2 Å². The highest BCUT2D eigenvalue weighted by molar-refractivity contribution is 6.03. The van der Waals surface area contributed by atoms with Crippen LogP contribution in [0.2, 0.25) is 0 Å². The molecule has 1 rings (SSSR count). The Balaban J connectivity index is 3.16. The van der Waals surface area contributed by atoms with Crippen molar-refractivity contribution in [3.05, 3.63) is 47.2 Å². The van der Waals surface area contributed by atoms with Gasteiger partial charge < -0.3 is 15.5 Å². The molecule has 9 heteroatoms. The second-order valence-corrected chi connectivity index (χ2v) is 3.70. The van der Waals surface area contributed by atoms with Crippen molar-refractivity contribution in [2.45, 2.75) is 6.18 Å². The van der Waals surface area contributed by atoms with Crippen LogP contribution in [0, 0.1) is 0 Å². The Hall–Kier alpha value is -2.84. The normalized spacial score (nSPS) is 11.9. The van der Waals surface area contributed by atoms with Crippen LogP contribution >= 0.6 is 0 Å². The Bertz CT molecular complexity index is 622. The number of hydrogen-bond donors (Lipinski definition) is 3. The molecule has 0 aliphatic rings. The van der Waals surface area contributed by atoms with Gasteiger partial charge >= 0.3 is 18.1 Å². The van der Waals surface area contributed by atoms with Gasteiger partial charge in [-0.05, 0) is 12.1 Å². The highest BCUT2D eigenvalue weighted by Gasteiger charge is 2.35. The fraction of sp³-hybridized carbons (Fsp3) is 0.0833. The third-order valence-corrected chi connectivity index (χ3v) is 2.22. The quantitative estimate of drug-likeness (QED) is 0.731. The van der Waals surface area contributed by atoms with Crippen LogP contribution in [0.25, 0.3) is 0 Å². The van der Waals surface area contributed by atoms with Gasteiger partial charge in [-0.2, -0.15) is 13.2 Å². The molecule has 0 radical (unpaired) electrons. The van der Waals surface area contributed by atoms with Crippen molar-refractivity contribution in [3.63, 3.8) is 0 Å². The van der Waals surface area contributed by atoms with E-state index < -0.39 is 40.8 Å². The lowest BCUT2D eigenvalue weighted by atomic mass is 10.1. The number of carboxylic acid groups (broad SMARTS) is 2. The Labute approximate surface area is 115 Å².